The number of fused-ring (bicyclic) bond motifs is 12. The molecule has 0 aliphatic rings. The third-order valence-corrected chi connectivity index (χ3v) is 8.72. The Morgan fingerprint density at radius 3 is 1.76 bits per heavy atom. The van der Waals surface area contributed by atoms with Crippen molar-refractivity contribution in [1.82, 2.24) is 4.57 Å². The maximum absolute atomic E-state index is 2.48. The highest BCUT2D eigenvalue weighted by molar-refractivity contribution is 6.40. The fraction of sp³-hybridized carbons (Fsp3) is 0. The van der Waals surface area contributed by atoms with Gasteiger partial charge in [-0.15, -0.1) is 0 Å². The predicted octanol–water partition coefficient (Wildman–Crippen LogP) is 11.1. The van der Waals surface area contributed by atoms with E-state index in [2.05, 4.69) is 156 Å². The Labute approximate surface area is 237 Å². The molecule has 0 atom stereocenters. The first-order valence-corrected chi connectivity index (χ1v) is 14.2. The van der Waals surface area contributed by atoms with Gasteiger partial charge in [0.2, 0.25) is 0 Å². The highest BCUT2D eigenvalue weighted by atomic mass is 15.0. The average Bonchev–Trinajstić information content (AvgIpc) is 3.41. The Bertz CT molecular complexity index is 2450. The van der Waals surface area contributed by atoms with Crippen molar-refractivity contribution < 1.29 is 0 Å². The van der Waals surface area contributed by atoms with Gasteiger partial charge in [-0.1, -0.05) is 127 Å². The van der Waals surface area contributed by atoms with Gasteiger partial charge in [0.1, 0.15) is 0 Å². The van der Waals surface area contributed by atoms with Crippen molar-refractivity contribution in [2.45, 2.75) is 0 Å². The minimum absolute atomic E-state index is 1.18. The Hall–Kier alpha value is -5.40. The van der Waals surface area contributed by atoms with Gasteiger partial charge >= 0.3 is 0 Å². The summed E-state index contributed by atoms with van der Waals surface area (Å²) < 4.78 is 2.48. The average molecular weight is 520 g/mol. The lowest BCUT2D eigenvalue weighted by Gasteiger charge is -2.16. The first-order chi connectivity index (χ1) is 20.4. The molecule has 1 nitrogen and oxygen atoms in total. The van der Waals surface area contributed by atoms with E-state index in [0.717, 1.165) is 0 Å². The summed E-state index contributed by atoms with van der Waals surface area (Å²) in [5.41, 5.74) is 6.20. The largest absolute Gasteiger partial charge is 0.309 e. The summed E-state index contributed by atoms with van der Waals surface area (Å²) in [4.78, 5) is 0. The van der Waals surface area contributed by atoms with Crippen LogP contribution in [0.1, 0.15) is 0 Å². The summed E-state index contributed by atoms with van der Waals surface area (Å²) in [7, 11) is 0. The van der Waals surface area contributed by atoms with Crippen LogP contribution in [0.15, 0.2) is 152 Å². The van der Waals surface area contributed by atoms with Crippen molar-refractivity contribution >= 4 is 64.9 Å². The van der Waals surface area contributed by atoms with Crippen LogP contribution in [0.4, 0.5) is 0 Å². The van der Waals surface area contributed by atoms with Crippen molar-refractivity contribution in [1.29, 1.82) is 0 Å². The summed E-state index contributed by atoms with van der Waals surface area (Å²) in [5, 5.41) is 12.9. The van der Waals surface area contributed by atoms with E-state index in [9.17, 15) is 0 Å². The molecule has 1 aromatic heterocycles. The third kappa shape index (κ3) is 3.12. The Morgan fingerprint density at radius 2 is 0.976 bits per heavy atom. The van der Waals surface area contributed by atoms with Crippen molar-refractivity contribution in [3.63, 3.8) is 0 Å². The molecule has 190 valence electrons. The first kappa shape index (κ1) is 22.4. The second-order valence-electron chi connectivity index (χ2n) is 10.9. The van der Waals surface area contributed by atoms with Crippen molar-refractivity contribution in [3.05, 3.63) is 152 Å². The molecule has 8 aromatic carbocycles. The zero-order chi connectivity index (χ0) is 26.9. The summed E-state index contributed by atoms with van der Waals surface area (Å²) in [5.74, 6) is 0. The monoisotopic (exact) mass is 519 g/mol. The smallest absolute Gasteiger partial charge is 0.0626 e. The summed E-state index contributed by atoms with van der Waals surface area (Å²) in [6, 6.07) is 55.4. The van der Waals surface area contributed by atoms with Crippen LogP contribution in [0.5, 0.6) is 0 Å². The molecule has 1 heteroatoms. The minimum atomic E-state index is 1.18. The third-order valence-electron chi connectivity index (χ3n) is 8.72. The SMILES string of the molecule is c1ccc(-c2cc3c4ccccc4c4c(c3c3ccccc23)c2c3ccccc3ccc2n4-c2ccccc2)cc1. The van der Waals surface area contributed by atoms with Crippen LogP contribution in [-0.4, -0.2) is 4.57 Å². The van der Waals surface area contributed by atoms with Crippen molar-refractivity contribution in [2.75, 3.05) is 0 Å². The van der Waals surface area contributed by atoms with Crippen LogP contribution >= 0.6 is 0 Å². The Kier molecular flexibility index (Phi) is 4.67. The highest BCUT2D eigenvalue weighted by Gasteiger charge is 2.22. The zero-order valence-electron chi connectivity index (χ0n) is 22.4. The van der Waals surface area contributed by atoms with Gasteiger partial charge in [0.25, 0.3) is 0 Å². The molecule has 0 aliphatic heterocycles. The van der Waals surface area contributed by atoms with E-state index >= 15 is 0 Å². The van der Waals surface area contributed by atoms with Gasteiger partial charge in [0, 0.05) is 27.2 Å². The second kappa shape index (κ2) is 8.55. The van der Waals surface area contributed by atoms with Gasteiger partial charge in [0.05, 0.1) is 11.0 Å². The molecular weight excluding hydrogens is 494 g/mol. The standard InChI is InChI=1S/C40H25N/c1-3-13-26(14-4-1)34-25-35-31-20-10-12-22-33(31)40-39(37(35)32-21-11-9-19-30(32)34)38-29-18-8-7-15-27(29)23-24-36(38)41(40)28-16-5-2-6-17-28/h1-25H. The predicted molar refractivity (Wildman–Crippen MR) is 176 cm³/mol. The minimum Gasteiger partial charge on any atom is -0.309 e. The number of para-hydroxylation sites is 1. The molecule has 41 heavy (non-hydrogen) atoms. The van der Waals surface area contributed by atoms with E-state index in [0.29, 0.717) is 0 Å². The first-order valence-electron chi connectivity index (χ1n) is 14.2. The molecule has 0 radical (unpaired) electrons. The molecule has 9 aromatic rings. The molecule has 0 fully saturated rings. The maximum Gasteiger partial charge on any atom is 0.0626 e. The molecule has 0 spiro atoms. The van der Waals surface area contributed by atoms with Crippen molar-refractivity contribution in [3.8, 4) is 16.8 Å². The Morgan fingerprint density at radius 1 is 0.366 bits per heavy atom. The molecular formula is C40H25N. The summed E-state index contributed by atoms with van der Waals surface area (Å²) >= 11 is 0. The van der Waals surface area contributed by atoms with Gasteiger partial charge in [-0.3, -0.25) is 0 Å². The zero-order valence-corrected chi connectivity index (χ0v) is 22.4. The molecule has 0 unspecified atom stereocenters. The quantitative estimate of drug-likeness (QED) is 0.200. The maximum atomic E-state index is 2.48. The summed E-state index contributed by atoms with van der Waals surface area (Å²) in [6.07, 6.45) is 0. The van der Waals surface area contributed by atoms with Crippen molar-refractivity contribution in [2.24, 2.45) is 0 Å². The van der Waals surface area contributed by atoms with E-state index in [1.165, 1.54) is 81.7 Å². The molecule has 1 heterocycles. The van der Waals surface area contributed by atoms with E-state index in [1.807, 2.05) is 0 Å². The van der Waals surface area contributed by atoms with Gasteiger partial charge in [0.15, 0.2) is 0 Å². The fourth-order valence-electron chi connectivity index (χ4n) is 7.04. The molecule has 0 N–H and O–H groups in total. The number of benzene rings is 8. The van der Waals surface area contributed by atoms with Gasteiger partial charge in [-0.2, -0.15) is 0 Å². The normalized spacial score (nSPS) is 11.9. The lowest BCUT2D eigenvalue weighted by molar-refractivity contribution is 1.19. The van der Waals surface area contributed by atoms with Crippen LogP contribution in [0, 0.1) is 0 Å². The number of rotatable bonds is 2. The van der Waals surface area contributed by atoms with Crippen LogP contribution in [-0.2, 0) is 0 Å². The van der Waals surface area contributed by atoms with E-state index < -0.39 is 0 Å². The van der Waals surface area contributed by atoms with E-state index in [4.69, 9.17) is 0 Å². The lowest BCUT2D eigenvalue weighted by atomic mass is 9.88. The molecule has 0 saturated carbocycles. The highest BCUT2D eigenvalue weighted by Crippen LogP contribution is 2.48. The lowest BCUT2D eigenvalue weighted by Crippen LogP contribution is -1.95. The number of hydrogen-bond acceptors (Lipinski definition) is 0. The second-order valence-corrected chi connectivity index (χ2v) is 10.9. The fourth-order valence-corrected chi connectivity index (χ4v) is 7.04. The topological polar surface area (TPSA) is 4.93 Å². The van der Waals surface area contributed by atoms with Crippen LogP contribution in [0.25, 0.3) is 81.7 Å². The molecule has 0 bridgehead atoms. The van der Waals surface area contributed by atoms with Gasteiger partial charge in [-0.25, -0.2) is 0 Å². The van der Waals surface area contributed by atoms with E-state index in [1.54, 1.807) is 0 Å². The molecule has 0 saturated heterocycles. The van der Waals surface area contributed by atoms with Crippen LogP contribution in [0.2, 0.25) is 0 Å². The molecule has 0 aliphatic carbocycles. The van der Waals surface area contributed by atoms with Crippen LogP contribution < -0.4 is 0 Å². The van der Waals surface area contributed by atoms with Crippen LogP contribution in [0.3, 0.4) is 0 Å². The molecule has 9 rings (SSSR count). The summed E-state index contributed by atoms with van der Waals surface area (Å²) in [6.45, 7) is 0. The number of hydrogen-bond donors (Lipinski definition) is 0. The van der Waals surface area contributed by atoms with E-state index in [-0.39, 0.29) is 0 Å². The molecule has 0 amide bonds. The number of nitrogens with zero attached hydrogens (tertiary/aromatic N) is 1. The van der Waals surface area contributed by atoms with Gasteiger partial charge < -0.3 is 4.57 Å². The number of aromatic nitrogens is 1. The van der Waals surface area contributed by atoms with Gasteiger partial charge in [-0.05, 0) is 67.7 Å². The Balaban J connectivity index is 1.65.